The minimum absolute atomic E-state index is 0.00424. The van der Waals surface area contributed by atoms with Crippen LogP contribution in [0.25, 0.3) is 0 Å². The first-order chi connectivity index (χ1) is 14.8. The van der Waals surface area contributed by atoms with Gasteiger partial charge in [-0.25, -0.2) is 0 Å². The van der Waals surface area contributed by atoms with Crippen LogP contribution in [-0.4, -0.2) is 24.1 Å². The van der Waals surface area contributed by atoms with Gasteiger partial charge in [0, 0.05) is 19.4 Å². The van der Waals surface area contributed by atoms with E-state index in [0.717, 1.165) is 16.7 Å². The molecule has 3 heteroatoms. The van der Waals surface area contributed by atoms with Crippen molar-refractivity contribution in [2.45, 2.75) is 24.9 Å². The van der Waals surface area contributed by atoms with Crippen LogP contribution >= 0.6 is 0 Å². The predicted molar refractivity (Wildman–Crippen MR) is 119 cm³/mol. The third-order valence-electron chi connectivity index (χ3n) is 4.88. The Labute approximate surface area is 178 Å². The third-order valence-corrected chi connectivity index (χ3v) is 4.88. The Morgan fingerprint density at radius 2 is 1.27 bits per heavy atom. The van der Waals surface area contributed by atoms with Crippen LogP contribution in [0.2, 0.25) is 0 Å². The highest BCUT2D eigenvalue weighted by molar-refractivity contribution is 5.95. The van der Waals surface area contributed by atoms with E-state index < -0.39 is 5.60 Å². The normalized spacial score (nSPS) is 10.8. The molecule has 0 radical (unpaired) electrons. The monoisotopic (exact) mass is 398 g/mol. The van der Waals surface area contributed by atoms with E-state index in [1.807, 2.05) is 54.6 Å². The summed E-state index contributed by atoms with van der Waals surface area (Å²) in [5.41, 5.74) is 2.34. The van der Waals surface area contributed by atoms with Gasteiger partial charge < -0.3 is 9.84 Å². The van der Waals surface area contributed by atoms with Crippen molar-refractivity contribution in [3.05, 3.63) is 108 Å². The van der Waals surface area contributed by atoms with Crippen LogP contribution in [0.5, 0.6) is 0 Å². The lowest BCUT2D eigenvalue weighted by molar-refractivity contribution is -0.114. The molecular formula is C27H26O3. The zero-order chi connectivity index (χ0) is 21.1. The number of aliphatic hydroxyl groups excluding tert-OH is 1. The number of hydrogen-bond acceptors (Lipinski definition) is 3. The van der Waals surface area contributed by atoms with Crippen LogP contribution in [-0.2, 0) is 15.1 Å². The summed E-state index contributed by atoms with van der Waals surface area (Å²) in [5, 5.41) is 8.82. The zero-order valence-electron chi connectivity index (χ0n) is 17.0. The molecule has 0 saturated heterocycles. The standard InChI is InChI=1S/C27H26O3/c28-21-12-20-26(29)19-10-11-22-30-27(23-13-4-1-5-14-23,24-15-6-2-7-16-24)25-17-8-3-9-18-25/h1-9,13-18,28H,11-12,20-22H2. The van der Waals surface area contributed by atoms with Crippen LogP contribution in [0.15, 0.2) is 91.0 Å². The van der Waals surface area contributed by atoms with Crippen molar-refractivity contribution in [1.82, 2.24) is 0 Å². The summed E-state index contributed by atoms with van der Waals surface area (Å²) in [5.74, 6) is 5.41. The Morgan fingerprint density at radius 1 is 0.800 bits per heavy atom. The number of benzene rings is 3. The van der Waals surface area contributed by atoms with Crippen molar-refractivity contribution in [2.75, 3.05) is 13.2 Å². The predicted octanol–water partition coefficient (Wildman–Crippen LogP) is 4.73. The van der Waals surface area contributed by atoms with Gasteiger partial charge in [0.25, 0.3) is 0 Å². The van der Waals surface area contributed by atoms with Crippen molar-refractivity contribution in [3.63, 3.8) is 0 Å². The van der Waals surface area contributed by atoms with Crippen molar-refractivity contribution < 1.29 is 14.6 Å². The second-order valence-electron chi connectivity index (χ2n) is 6.93. The van der Waals surface area contributed by atoms with Crippen LogP contribution in [0.4, 0.5) is 0 Å². The fourth-order valence-electron chi connectivity index (χ4n) is 3.49. The Hall–Kier alpha value is -3.19. The summed E-state index contributed by atoms with van der Waals surface area (Å²) in [6, 6.07) is 30.5. The number of aliphatic hydroxyl groups is 1. The molecule has 3 nitrogen and oxygen atoms in total. The highest BCUT2D eigenvalue weighted by Crippen LogP contribution is 2.40. The maximum absolute atomic E-state index is 11.7. The molecule has 0 aromatic heterocycles. The van der Waals surface area contributed by atoms with E-state index in [4.69, 9.17) is 9.84 Å². The summed E-state index contributed by atoms with van der Waals surface area (Å²) >= 11 is 0. The van der Waals surface area contributed by atoms with Crippen molar-refractivity contribution >= 4 is 5.78 Å². The van der Waals surface area contributed by atoms with Crippen molar-refractivity contribution in [2.24, 2.45) is 0 Å². The van der Waals surface area contributed by atoms with Crippen LogP contribution < -0.4 is 0 Å². The molecule has 0 saturated carbocycles. The van der Waals surface area contributed by atoms with Crippen molar-refractivity contribution in [1.29, 1.82) is 0 Å². The minimum atomic E-state index is -0.771. The second kappa shape index (κ2) is 11.1. The lowest BCUT2D eigenvalue weighted by atomic mass is 9.80. The Bertz CT molecular complexity index is 873. The van der Waals surface area contributed by atoms with Gasteiger partial charge in [0.1, 0.15) is 5.60 Å². The van der Waals surface area contributed by atoms with Gasteiger partial charge in [0.15, 0.2) is 0 Å². The van der Waals surface area contributed by atoms with Gasteiger partial charge in [0.2, 0.25) is 5.78 Å². The zero-order valence-corrected chi connectivity index (χ0v) is 17.0. The maximum Gasteiger partial charge on any atom is 0.205 e. The minimum Gasteiger partial charge on any atom is -0.396 e. The molecule has 0 fully saturated rings. The van der Waals surface area contributed by atoms with E-state index in [0.29, 0.717) is 19.4 Å². The average molecular weight is 399 g/mol. The molecule has 3 rings (SSSR count). The molecular weight excluding hydrogens is 372 g/mol. The van der Waals surface area contributed by atoms with Gasteiger partial charge in [0.05, 0.1) is 6.61 Å². The van der Waals surface area contributed by atoms with E-state index in [-0.39, 0.29) is 18.8 Å². The van der Waals surface area contributed by atoms with Crippen LogP contribution in [0.3, 0.4) is 0 Å². The van der Waals surface area contributed by atoms with E-state index in [1.54, 1.807) is 0 Å². The van der Waals surface area contributed by atoms with Gasteiger partial charge >= 0.3 is 0 Å². The SMILES string of the molecule is O=C(C#CCCOC(c1ccccc1)(c1ccccc1)c1ccccc1)CCCO. The highest BCUT2D eigenvalue weighted by Gasteiger charge is 2.37. The Balaban J connectivity index is 1.92. The summed E-state index contributed by atoms with van der Waals surface area (Å²) in [4.78, 5) is 11.7. The van der Waals surface area contributed by atoms with Gasteiger partial charge in [-0.2, -0.15) is 0 Å². The number of ether oxygens (including phenoxy) is 1. The van der Waals surface area contributed by atoms with Gasteiger partial charge in [-0.15, -0.1) is 0 Å². The lowest BCUT2D eigenvalue weighted by Crippen LogP contribution is -2.33. The number of hydrogen-bond donors (Lipinski definition) is 1. The molecule has 152 valence electrons. The molecule has 0 heterocycles. The molecule has 3 aromatic carbocycles. The molecule has 0 atom stereocenters. The fourth-order valence-corrected chi connectivity index (χ4v) is 3.49. The van der Waals surface area contributed by atoms with Crippen LogP contribution in [0.1, 0.15) is 36.0 Å². The van der Waals surface area contributed by atoms with Gasteiger partial charge in [-0.1, -0.05) is 96.9 Å². The third kappa shape index (κ3) is 5.24. The van der Waals surface area contributed by atoms with E-state index in [1.165, 1.54) is 0 Å². The molecule has 1 N–H and O–H groups in total. The molecule has 0 aliphatic rings. The molecule has 30 heavy (non-hydrogen) atoms. The first kappa shape index (κ1) is 21.5. The quantitative estimate of drug-likeness (QED) is 0.245. The van der Waals surface area contributed by atoms with Crippen LogP contribution in [0, 0.1) is 11.8 Å². The number of carbonyl (C=O) groups excluding carboxylic acids is 1. The lowest BCUT2D eigenvalue weighted by Gasteiger charge is -2.35. The summed E-state index contributed by atoms with van der Waals surface area (Å²) in [6.45, 7) is 0.378. The van der Waals surface area contributed by atoms with E-state index >= 15 is 0 Å². The molecule has 0 aliphatic carbocycles. The molecule has 0 spiro atoms. The highest BCUT2D eigenvalue weighted by atomic mass is 16.5. The summed E-state index contributed by atoms with van der Waals surface area (Å²) in [6.07, 6.45) is 1.18. The molecule has 0 bridgehead atoms. The molecule has 0 amide bonds. The number of Topliss-reactive ketones (excluding diaryl/α,β-unsaturated/α-hetero) is 1. The van der Waals surface area contributed by atoms with Gasteiger partial charge in [-0.05, 0) is 29.0 Å². The second-order valence-corrected chi connectivity index (χ2v) is 6.93. The molecule has 3 aromatic rings. The smallest absolute Gasteiger partial charge is 0.205 e. The number of carbonyl (C=O) groups is 1. The Kier molecular flexibility index (Phi) is 7.97. The van der Waals surface area contributed by atoms with E-state index in [9.17, 15) is 4.79 Å². The van der Waals surface area contributed by atoms with Crippen molar-refractivity contribution in [3.8, 4) is 11.8 Å². The number of ketones is 1. The first-order valence-electron chi connectivity index (χ1n) is 10.2. The van der Waals surface area contributed by atoms with Gasteiger partial charge in [-0.3, -0.25) is 4.79 Å². The molecule has 0 unspecified atom stereocenters. The maximum atomic E-state index is 11.7. The summed E-state index contributed by atoms with van der Waals surface area (Å²) < 4.78 is 6.60. The molecule has 0 aliphatic heterocycles. The first-order valence-corrected chi connectivity index (χ1v) is 10.2. The van der Waals surface area contributed by atoms with E-state index in [2.05, 4.69) is 48.2 Å². The Morgan fingerprint density at radius 3 is 1.70 bits per heavy atom. The largest absolute Gasteiger partial charge is 0.396 e. The fraction of sp³-hybridized carbons (Fsp3) is 0.222. The summed E-state index contributed by atoms with van der Waals surface area (Å²) in [7, 11) is 0. The average Bonchev–Trinajstić information content (AvgIpc) is 2.82. The topological polar surface area (TPSA) is 46.5 Å². The number of rotatable bonds is 9.